The van der Waals surface area contributed by atoms with Gasteiger partial charge in [-0.1, -0.05) is 0 Å². The van der Waals surface area contributed by atoms with Crippen molar-refractivity contribution < 1.29 is 18.3 Å². The predicted molar refractivity (Wildman–Crippen MR) is 68.2 cm³/mol. The molecule has 1 amide bonds. The van der Waals surface area contributed by atoms with Gasteiger partial charge in [0.2, 0.25) is 0 Å². The van der Waals surface area contributed by atoms with E-state index in [1.807, 2.05) is 0 Å². The second-order valence-corrected chi connectivity index (χ2v) is 6.00. The molecule has 0 heterocycles. The summed E-state index contributed by atoms with van der Waals surface area (Å²) in [6.45, 7) is 0.603. The van der Waals surface area contributed by atoms with Crippen LogP contribution in [0.3, 0.4) is 0 Å². The van der Waals surface area contributed by atoms with Crippen molar-refractivity contribution in [2.24, 2.45) is 0 Å². The van der Waals surface area contributed by atoms with E-state index in [1.165, 1.54) is 24.3 Å². The smallest absolute Gasteiger partial charge is 0.251 e. The average molecular weight is 271 g/mol. The molecule has 0 aliphatic carbocycles. The fourth-order valence-electron chi connectivity index (χ4n) is 1.39. The molecule has 0 atom stereocenters. The fourth-order valence-corrected chi connectivity index (χ4v) is 2.02. The average Bonchev–Trinajstić information content (AvgIpc) is 2.33. The Labute approximate surface area is 107 Å². The summed E-state index contributed by atoms with van der Waals surface area (Å²) >= 11 is 0. The number of benzene rings is 1. The second kappa shape index (κ2) is 6.51. The lowest BCUT2D eigenvalue weighted by Crippen LogP contribution is -2.24. The lowest BCUT2D eigenvalue weighted by molar-refractivity contribution is 0.0952. The van der Waals surface area contributed by atoms with Crippen LogP contribution in [0.15, 0.2) is 29.2 Å². The van der Waals surface area contributed by atoms with Crippen molar-refractivity contribution in [1.82, 2.24) is 5.32 Å². The molecule has 0 aromatic heterocycles. The number of sulfone groups is 1. The number of carbonyl (C=O) groups excluding carboxylic acids is 1. The summed E-state index contributed by atoms with van der Waals surface area (Å²) in [5.41, 5.74) is 0.423. The standard InChI is InChI=1S/C12H17NO4S/c1-18(16,17)11-6-4-10(5-7-11)12(15)13-8-2-3-9-14/h4-7,14H,2-3,8-9H2,1H3,(H,13,15). The Morgan fingerprint density at radius 1 is 1.22 bits per heavy atom. The summed E-state index contributed by atoms with van der Waals surface area (Å²) in [6.07, 6.45) is 2.48. The normalized spacial score (nSPS) is 11.2. The first kappa shape index (κ1) is 14.7. The number of hydrogen-bond acceptors (Lipinski definition) is 4. The molecule has 0 saturated carbocycles. The van der Waals surface area contributed by atoms with Crippen LogP contribution in [0.2, 0.25) is 0 Å². The SMILES string of the molecule is CS(=O)(=O)c1ccc(C(=O)NCCCCO)cc1. The first-order chi connectivity index (χ1) is 8.45. The van der Waals surface area contributed by atoms with Crippen molar-refractivity contribution in [3.05, 3.63) is 29.8 Å². The molecule has 0 bridgehead atoms. The molecule has 1 rings (SSSR count). The minimum Gasteiger partial charge on any atom is -0.396 e. The topological polar surface area (TPSA) is 83.5 Å². The summed E-state index contributed by atoms with van der Waals surface area (Å²) in [5.74, 6) is -0.243. The molecule has 0 unspecified atom stereocenters. The summed E-state index contributed by atoms with van der Waals surface area (Å²) in [6, 6.07) is 5.80. The van der Waals surface area contributed by atoms with E-state index < -0.39 is 9.84 Å². The summed E-state index contributed by atoms with van der Waals surface area (Å²) in [4.78, 5) is 11.8. The van der Waals surface area contributed by atoms with Gasteiger partial charge in [0.15, 0.2) is 9.84 Å². The van der Waals surface area contributed by atoms with Crippen LogP contribution in [-0.4, -0.2) is 38.8 Å². The molecule has 5 nitrogen and oxygen atoms in total. The highest BCUT2D eigenvalue weighted by atomic mass is 32.2. The molecule has 1 aromatic carbocycles. The van der Waals surface area contributed by atoms with E-state index >= 15 is 0 Å². The fraction of sp³-hybridized carbons (Fsp3) is 0.417. The molecule has 0 aliphatic heterocycles. The maximum atomic E-state index is 11.6. The van der Waals surface area contributed by atoms with Crippen LogP contribution in [0.25, 0.3) is 0 Å². The van der Waals surface area contributed by atoms with Gasteiger partial charge in [-0.15, -0.1) is 0 Å². The first-order valence-electron chi connectivity index (χ1n) is 5.64. The number of aliphatic hydroxyl groups is 1. The molecule has 1 aromatic rings. The summed E-state index contributed by atoms with van der Waals surface area (Å²) in [5, 5.41) is 11.3. The van der Waals surface area contributed by atoms with Crippen LogP contribution in [-0.2, 0) is 9.84 Å². The molecule has 2 N–H and O–H groups in total. The van der Waals surface area contributed by atoms with Gasteiger partial charge in [-0.3, -0.25) is 4.79 Å². The molecule has 0 radical (unpaired) electrons. The Bertz CT molecular complexity index is 493. The Morgan fingerprint density at radius 3 is 2.33 bits per heavy atom. The Balaban J connectivity index is 2.60. The zero-order valence-corrected chi connectivity index (χ0v) is 11.0. The van der Waals surface area contributed by atoms with Crippen LogP contribution in [0, 0.1) is 0 Å². The van der Waals surface area contributed by atoms with Crippen molar-refractivity contribution in [2.45, 2.75) is 17.7 Å². The third-order valence-electron chi connectivity index (χ3n) is 2.42. The van der Waals surface area contributed by atoms with Crippen molar-refractivity contribution in [3.8, 4) is 0 Å². The van der Waals surface area contributed by atoms with Crippen LogP contribution >= 0.6 is 0 Å². The maximum absolute atomic E-state index is 11.6. The minimum absolute atomic E-state index is 0.110. The third kappa shape index (κ3) is 4.46. The van der Waals surface area contributed by atoms with Gasteiger partial charge in [-0.05, 0) is 37.1 Å². The van der Waals surface area contributed by atoms with Crippen LogP contribution < -0.4 is 5.32 Å². The van der Waals surface area contributed by atoms with Crippen LogP contribution in [0.4, 0.5) is 0 Å². The molecule has 18 heavy (non-hydrogen) atoms. The van der Waals surface area contributed by atoms with E-state index in [2.05, 4.69) is 5.32 Å². The van der Waals surface area contributed by atoms with Crippen molar-refractivity contribution in [1.29, 1.82) is 0 Å². The third-order valence-corrected chi connectivity index (χ3v) is 3.54. The molecule has 0 fully saturated rings. The monoisotopic (exact) mass is 271 g/mol. The van der Waals surface area contributed by atoms with Crippen molar-refractivity contribution in [3.63, 3.8) is 0 Å². The molecule has 0 saturated heterocycles. The highest BCUT2D eigenvalue weighted by molar-refractivity contribution is 7.90. The van der Waals surface area contributed by atoms with Gasteiger partial charge in [-0.2, -0.15) is 0 Å². The van der Waals surface area contributed by atoms with Gasteiger partial charge >= 0.3 is 0 Å². The Kier molecular flexibility index (Phi) is 5.30. The molecule has 100 valence electrons. The zero-order chi connectivity index (χ0) is 13.6. The predicted octanol–water partition coefficient (Wildman–Crippen LogP) is 0.592. The van der Waals surface area contributed by atoms with Crippen molar-refractivity contribution in [2.75, 3.05) is 19.4 Å². The molecule has 0 spiro atoms. The first-order valence-corrected chi connectivity index (χ1v) is 7.53. The maximum Gasteiger partial charge on any atom is 0.251 e. The van der Waals surface area contributed by atoms with Gasteiger partial charge in [0.05, 0.1) is 4.90 Å². The molecule has 6 heteroatoms. The number of unbranched alkanes of at least 4 members (excludes halogenated alkanes) is 1. The zero-order valence-electron chi connectivity index (χ0n) is 10.2. The van der Waals surface area contributed by atoms with E-state index in [9.17, 15) is 13.2 Å². The summed E-state index contributed by atoms with van der Waals surface area (Å²) in [7, 11) is -3.23. The molecular weight excluding hydrogens is 254 g/mol. The number of aliphatic hydroxyl groups excluding tert-OH is 1. The van der Waals surface area contributed by atoms with Gasteiger partial charge in [0, 0.05) is 25.0 Å². The summed E-state index contributed by atoms with van der Waals surface area (Å²) < 4.78 is 22.5. The van der Waals surface area contributed by atoms with Gasteiger partial charge in [0.25, 0.3) is 5.91 Å². The molecular formula is C12H17NO4S. The van der Waals surface area contributed by atoms with Gasteiger partial charge in [0.1, 0.15) is 0 Å². The molecule has 0 aliphatic rings. The minimum atomic E-state index is -3.23. The van der Waals surface area contributed by atoms with E-state index in [4.69, 9.17) is 5.11 Å². The largest absolute Gasteiger partial charge is 0.396 e. The highest BCUT2D eigenvalue weighted by Gasteiger charge is 2.09. The number of nitrogens with one attached hydrogen (secondary N) is 1. The Morgan fingerprint density at radius 2 is 1.83 bits per heavy atom. The van der Waals surface area contributed by atoms with E-state index in [-0.39, 0.29) is 17.4 Å². The number of rotatable bonds is 6. The lowest BCUT2D eigenvalue weighted by atomic mass is 10.2. The highest BCUT2D eigenvalue weighted by Crippen LogP contribution is 2.10. The number of hydrogen-bond donors (Lipinski definition) is 2. The van der Waals surface area contributed by atoms with E-state index in [1.54, 1.807) is 0 Å². The number of carbonyl (C=O) groups is 1. The Hall–Kier alpha value is -1.40. The van der Waals surface area contributed by atoms with Crippen LogP contribution in [0.1, 0.15) is 23.2 Å². The van der Waals surface area contributed by atoms with Crippen LogP contribution in [0.5, 0.6) is 0 Å². The van der Waals surface area contributed by atoms with Gasteiger partial charge in [-0.25, -0.2) is 8.42 Å². The van der Waals surface area contributed by atoms with E-state index in [0.717, 1.165) is 6.26 Å². The quantitative estimate of drug-likeness (QED) is 0.742. The second-order valence-electron chi connectivity index (χ2n) is 3.98. The van der Waals surface area contributed by atoms with E-state index in [0.29, 0.717) is 24.9 Å². The number of amides is 1. The lowest BCUT2D eigenvalue weighted by Gasteiger charge is -2.05. The van der Waals surface area contributed by atoms with Gasteiger partial charge < -0.3 is 10.4 Å². The van der Waals surface area contributed by atoms with Crippen molar-refractivity contribution >= 4 is 15.7 Å².